The van der Waals surface area contributed by atoms with Gasteiger partial charge in [-0.3, -0.25) is 25.1 Å². The Morgan fingerprint density at radius 1 is 1.05 bits per heavy atom. The van der Waals surface area contributed by atoms with Gasteiger partial charge in [-0.25, -0.2) is 28.9 Å². The van der Waals surface area contributed by atoms with E-state index >= 15 is 4.79 Å². The van der Waals surface area contributed by atoms with Crippen LogP contribution in [-0.4, -0.2) is 70.2 Å². The first kappa shape index (κ1) is 38.9. The highest BCUT2D eigenvalue weighted by molar-refractivity contribution is 6.32. The fraction of sp³-hybridized carbons (Fsp3) is 0.250. The van der Waals surface area contributed by atoms with E-state index in [1.165, 1.54) is 47.9 Å². The van der Waals surface area contributed by atoms with Gasteiger partial charge < -0.3 is 14.6 Å². The van der Waals surface area contributed by atoms with Crippen LogP contribution in [0, 0.1) is 15.5 Å². The number of ether oxygens (including phenoxy) is 2. The van der Waals surface area contributed by atoms with Gasteiger partial charge in [-0.05, 0) is 52.8 Å². The highest BCUT2D eigenvalue weighted by atomic mass is 35.5. The number of non-ortho nitro benzene ring substituents is 1. The quantitative estimate of drug-likeness (QED) is 0.0594. The first-order chi connectivity index (χ1) is 26.5. The van der Waals surface area contributed by atoms with Crippen molar-refractivity contribution < 1.29 is 42.7 Å². The molecule has 0 saturated carbocycles. The molecule has 1 aliphatic heterocycles. The Bertz CT molecular complexity index is 2300. The first-order valence-corrected chi connectivity index (χ1v) is 17.0. The average Bonchev–Trinajstić information content (AvgIpc) is 3.91. The second-order valence-electron chi connectivity index (χ2n) is 13.7. The molecule has 2 aromatic heterocycles. The number of nitro groups is 1. The number of nitrogens with one attached hydrogen (secondary N) is 1. The number of carboxylic acid groups (broad SMARTS) is 1. The van der Waals surface area contributed by atoms with E-state index in [0.29, 0.717) is 32.6 Å². The number of alkyl halides is 2. The van der Waals surface area contributed by atoms with Crippen LogP contribution in [0.25, 0.3) is 16.8 Å². The Hall–Kier alpha value is -6.76. The van der Waals surface area contributed by atoms with Crippen LogP contribution < -0.4 is 10.1 Å². The molecule has 56 heavy (non-hydrogen) atoms. The maximum Gasteiger partial charge on any atom is 0.513 e. The van der Waals surface area contributed by atoms with E-state index in [1.54, 1.807) is 36.4 Å². The van der Waals surface area contributed by atoms with Gasteiger partial charge >= 0.3 is 18.8 Å². The number of rotatable bonds is 11. The number of carbonyl (C=O) groups excluding carboxylic acids is 2. The zero-order chi connectivity index (χ0) is 40.4. The van der Waals surface area contributed by atoms with Crippen molar-refractivity contribution in [2.24, 2.45) is 10.4 Å². The summed E-state index contributed by atoms with van der Waals surface area (Å²) < 4.78 is 39.1. The van der Waals surface area contributed by atoms with Crippen LogP contribution >= 0.6 is 11.6 Å². The zero-order valence-corrected chi connectivity index (χ0v) is 30.5. The molecule has 3 aromatic carbocycles. The van der Waals surface area contributed by atoms with Gasteiger partial charge in [0.25, 0.3) is 11.6 Å². The van der Waals surface area contributed by atoms with E-state index in [2.05, 4.69) is 20.5 Å². The van der Waals surface area contributed by atoms with Gasteiger partial charge in [-0.1, -0.05) is 62.7 Å². The van der Waals surface area contributed by atoms with Gasteiger partial charge in [0.05, 0.1) is 27.9 Å². The van der Waals surface area contributed by atoms with Gasteiger partial charge in [0, 0.05) is 23.9 Å². The molecule has 3 heterocycles. The minimum Gasteiger partial charge on any atom is -0.465 e. The predicted molar refractivity (Wildman–Crippen MR) is 194 cm³/mol. The van der Waals surface area contributed by atoms with Crippen LogP contribution in [-0.2, 0) is 15.1 Å². The van der Waals surface area contributed by atoms with E-state index in [-0.39, 0.29) is 28.8 Å². The maximum atomic E-state index is 15.2. The third kappa shape index (κ3) is 8.31. The van der Waals surface area contributed by atoms with E-state index < -0.39 is 53.2 Å². The Labute approximate surface area is 321 Å². The van der Waals surface area contributed by atoms with Crippen LogP contribution in [0.3, 0.4) is 0 Å². The molecule has 17 nitrogen and oxygen atoms in total. The van der Waals surface area contributed by atoms with Gasteiger partial charge in [0.15, 0.2) is 5.54 Å². The highest BCUT2D eigenvalue weighted by Crippen LogP contribution is 2.46. The molecule has 0 fully saturated rings. The lowest BCUT2D eigenvalue weighted by Crippen LogP contribution is -2.49. The lowest BCUT2D eigenvalue weighted by molar-refractivity contribution is -0.384. The standard InChI is InChI=1S/C36H32ClF2N9O8/c1-35(2,3)18-36(24-7-4-21(5-8-24)23-15-41-45(16-23)31(38)39)30(49)47(32(44-36)43-33(50)51)29(22-6-13-27(37)28(14-22)46-20-40-19-42-46)17-55-34(52)56-26-11-9-25(10-12-26)48(53)54/h4-16,19-20,29,31H,17-18H2,1-3H3,(H,43,44)(H,50,51)/t29-,36-/m1/s1. The number of guanidine groups is 1. The largest absolute Gasteiger partial charge is 0.513 e. The number of nitrogens with zero attached hydrogens (tertiary/aromatic N) is 8. The van der Waals surface area contributed by atoms with Crippen molar-refractivity contribution >= 4 is 41.4 Å². The van der Waals surface area contributed by atoms with Crippen molar-refractivity contribution in [1.82, 2.24) is 34.8 Å². The SMILES string of the molecule is CC(C)(C)C[C@]1(c2ccc(-c3cnn(C(F)F)c3)cc2)N=C(NC(=O)O)N([C@H](COC(=O)Oc2ccc([N+](=O)[O-])cc2)c2ccc(Cl)c(-n3cncn3)c2)C1=O. The number of nitro benzene ring substituents is 1. The molecule has 0 radical (unpaired) electrons. The van der Waals surface area contributed by atoms with Crippen LogP contribution in [0.4, 0.5) is 24.1 Å². The van der Waals surface area contributed by atoms with Crippen molar-refractivity contribution in [3.8, 4) is 22.6 Å². The van der Waals surface area contributed by atoms with Crippen molar-refractivity contribution in [3.63, 3.8) is 0 Å². The summed E-state index contributed by atoms with van der Waals surface area (Å²) in [7, 11) is 0. The number of aromatic nitrogens is 5. The summed E-state index contributed by atoms with van der Waals surface area (Å²) in [6.45, 7) is 2.15. The molecule has 0 unspecified atom stereocenters. The molecule has 2 amide bonds. The van der Waals surface area contributed by atoms with Gasteiger partial charge in [-0.15, -0.1) is 0 Å². The monoisotopic (exact) mass is 791 g/mol. The maximum absolute atomic E-state index is 15.2. The molecule has 0 aliphatic carbocycles. The smallest absolute Gasteiger partial charge is 0.465 e. The molecule has 2 atom stereocenters. The van der Waals surface area contributed by atoms with Crippen LogP contribution in [0.1, 0.15) is 50.9 Å². The molecule has 20 heteroatoms. The van der Waals surface area contributed by atoms with Crippen LogP contribution in [0.2, 0.25) is 5.02 Å². The fourth-order valence-electron chi connectivity index (χ4n) is 6.23. The van der Waals surface area contributed by atoms with Gasteiger partial charge in [0.2, 0.25) is 5.96 Å². The Balaban J connectivity index is 1.42. The molecule has 1 aliphatic rings. The molecular weight excluding hydrogens is 760 g/mol. The summed E-state index contributed by atoms with van der Waals surface area (Å²) in [6.07, 6.45) is 2.39. The number of benzene rings is 3. The van der Waals surface area contributed by atoms with Crippen LogP contribution in [0.5, 0.6) is 5.75 Å². The predicted octanol–water partition coefficient (Wildman–Crippen LogP) is 7.14. The highest BCUT2D eigenvalue weighted by Gasteiger charge is 2.54. The number of carbonyl (C=O) groups is 3. The van der Waals surface area contributed by atoms with Crippen molar-refractivity contribution in [2.75, 3.05) is 6.61 Å². The second-order valence-corrected chi connectivity index (χ2v) is 14.1. The van der Waals surface area contributed by atoms with Gasteiger partial charge in [0.1, 0.15) is 25.0 Å². The number of aliphatic imine (C=N–C) groups is 1. The minimum absolute atomic E-state index is 0.0589. The fourth-order valence-corrected chi connectivity index (χ4v) is 6.43. The second kappa shape index (κ2) is 15.5. The molecule has 0 saturated heterocycles. The molecule has 0 spiro atoms. The van der Waals surface area contributed by atoms with Gasteiger partial charge in [-0.2, -0.15) is 19.0 Å². The van der Waals surface area contributed by atoms with E-state index in [4.69, 9.17) is 26.1 Å². The summed E-state index contributed by atoms with van der Waals surface area (Å²) in [5.74, 6) is -1.15. The number of amides is 2. The van der Waals surface area contributed by atoms with Crippen molar-refractivity contribution in [2.45, 2.75) is 45.3 Å². The molecule has 6 rings (SSSR count). The number of hydrogen-bond acceptors (Lipinski definition) is 11. The third-order valence-corrected chi connectivity index (χ3v) is 8.86. The Morgan fingerprint density at radius 3 is 2.36 bits per heavy atom. The molecule has 0 bridgehead atoms. The summed E-state index contributed by atoms with van der Waals surface area (Å²) in [5, 5.41) is 31.3. The average molecular weight is 792 g/mol. The Morgan fingerprint density at radius 2 is 1.77 bits per heavy atom. The number of halogens is 3. The normalized spacial score (nSPS) is 16.1. The third-order valence-electron chi connectivity index (χ3n) is 8.54. The molecule has 290 valence electrons. The summed E-state index contributed by atoms with van der Waals surface area (Å²) in [5.41, 5.74) is -0.702. The molecule has 5 aromatic rings. The van der Waals surface area contributed by atoms with E-state index in [9.17, 15) is 33.6 Å². The summed E-state index contributed by atoms with van der Waals surface area (Å²) in [4.78, 5) is 60.7. The van der Waals surface area contributed by atoms with Crippen molar-refractivity contribution in [1.29, 1.82) is 0 Å². The topological polar surface area (TPSA) is 209 Å². The number of hydrogen-bond donors (Lipinski definition) is 2. The summed E-state index contributed by atoms with van der Waals surface area (Å²) in [6, 6.07) is 14.4. The minimum atomic E-state index is -2.84. The zero-order valence-electron chi connectivity index (χ0n) is 29.7. The Kier molecular flexibility index (Phi) is 10.8. The van der Waals surface area contributed by atoms with Crippen LogP contribution in [0.15, 0.2) is 96.8 Å². The van der Waals surface area contributed by atoms with E-state index in [1.807, 2.05) is 20.8 Å². The van der Waals surface area contributed by atoms with Crippen molar-refractivity contribution in [3.05, 3.63) is 118 Å². The lowest BCUT2D eigenvalue weighted by Gasteiger charge is -2.35. The molecular formula is C36H32ClF2N9O8. The lowest BCUT2D eigenvalue weighted by atomic mass is 9.75. The first-order valence-electron chi connectivity index (χ1n) is 16.6. The summed E-state index contributed by atoms with van der Waals surface area (Å²) >= 11 is 6.53. The molecule has 2 N–H and O–H groups in total. The van der Waals surface area contributed by atoms with E-state index in [0.717, 1.165) is 17.0 Å².